The molecule has 2 atom stereocenters. The molecule has 92 valence electrons. The summed E-state index contributed by atoms with van der Waals surface area (Å²) in [5.74, 6) is 0.191. The summed E-state index contributed by atoms with van der Waals surface area (Å²) in [5, 5.41) is 0. The molecule has 1 fully saturated rings. The fourth-order valence-corrected chi connectivity index (χ4v) is 2.49. The molecule has 1 aliphatic rings. The average molecular weight is 232 g/mol. The fourth-order valence-electron chi connectivity index (χ4n) is 2.49. The smallest absolute Gasteiger partial charge is 0.222 e. The van der Waals surface area contributed by atoms with Gasteiger partial charge in [0.25, 0.3) is 0 Å². The number of hydrogen-bond donors (Lipinski definition) is 1. The van der Waals surface area contributed by atoms with Gasteiger partial charge in [-0.05, 0) is 24.0 Å². The van der Waals surface area contributed by atoms with Crippen LogP contribution in [0.3, 0.4) is 0 Å². The van der Waals surface area contributed by atoms with Gasteiger partial charge in [-0.2, -0.15) is 0 Å². The van der Waals surface area contributed by atoms with Crippen LogP contribution in [0.4, 0.5) is 0 Å². The maximum absolute atomic E-state index is 11.7. The molecule has 1 aromatic rings. The van der Waals surface area contributed by atoms with Crippen molar-refractivity contribution in [3.63, 3.8) is 0 Å². The van der Waals surface area contributed by atoms with E-state index < -0.39 is 0 Å². The summed E-state index contributed by atoms with van der Waals surface area (Å²) in [5.41, 5.74) is 8.60. The average Bonchev–Trinajstić information content (AvgIpc) is 2.35. The lowest BCUT2D eigenvalue weighted by atomic mass is 9.90. The van der Waals surface area contributed by atoms with E-state index in [4.69, 9.17) is 5.73 Å². The zero-order chi connectivity index (χ0) is 12.4. The highest BCUT2D eigenvalue weighted by Gasteiger charge is 2.32. The number of aryl methyl sites for hydroxylation is 1. The monoisotopic (exact) mass is 232 g/mol. The number of likely N-dealkylation sites (tertiary alicyclic amines) is 1. The maximum Gasteiger partial charge on any atom is 0.222 e. The summed E-state index contributed by atoms with van der Waals surface area (Å²) in [4.78, 5) is 13.5. The minimum atomic E-state index is 0.0298. The first-order valence-electron chi connectivity index (χ1n) is 6.23. The van der Waals surface area contributed by atoms with Crippen LogP contribution in [0.5, 0.6) is 0 Å². The molecule has 2 N–H and O–H groups in total. The molecular formula is C14H20N2O. The van der Waals surface area contributed by atoms with E-state index in [1.807, 2.05) is 7.05 Å². The van der Waals surface area contributed by atoms with Crippen molar-refractivity contribution in [2.75, 3.05) is 7.05 Å². The molecule has 2 rings (SSSR count). The zero-order valence-electron chi connectivity index (χ0n) is 10.5. The van der Waals surface area contributed by atoms with Crippen LogP contribution in [0.2, 0.25) is 0 Å². The van der Waals surface area contributed by atoms with Crippen LogP contribution < -0.4 is 5.73 Å². The number of nitrogens with zero attached hydrogens (tertiary/aromatic N) is 1. The van der Waals surface area contributed by atoms with Crippen molar-refractivity contribution in [1.29, 1.82) is 0 Å². The molecule has 1 amide bonds. The van der Waals surface area contributed by atoms with Crippen molar-refractivity contribution >= 4 is 5.91 Å². The number of hydrogen-bond acceptors (Lipinski definition) is 2. The standard InChI is InChI=1S/C14H20N2O/c1-3-10-4-6-11(7-5-10)14-12(15)8-9-13(17)16(14)2/h4-7,12,14H,3,8-9,15H2,1-2H3. The minimum absolute atomic E-state index is 0.0298. The zero-order valence-corrected chi connectivity index (χ0v) is 10.5. The SMILES string of the molecule is CCc1ccc(C2C(N)CCC(=O)N2C)cc1. The van der Waals surface area contributed by atoms with Gasteiger partial charge >= 0.3 is 0 Å². The van der Waals surface area contributed by atoms with Gasteiger partial charge < -0.3 is 10.6 Å². The summed E-state index contributed by atoms with van der Waals surface area (Å²) in [6, 6.07) is 8.51. The van der Waals surface area contributed by atoms with Crippen LogP contribution in [0, 0.1) is 0 Å². The van der Waals surface area contributed by atoms with E-state index in [0.717, 1.165) is 18.4 Å². The molecule has 1 aliphatic heterocycles. The molecule has 17 heavy (non-hydrogen) atoms. The van der Waals surface area contributed by atoms with Gasteiger partial charge in [-0.3, -0.25) is 4.79 Å². The summed E-state index contributed by atoms with van der Waals surface area (Å²) in [6.07, 6.45) is 2.39. The summed E-state index contributed by atoms with van der Waals surface area (Å²) < 4.78 is 0. The Bertz CT molecular complexity index is 399. The van der Waals surface area contributed by atoms with Crippen molar-refractivity contribution in [3.8, 4) is 0 Å². The molecule has 1 aromatic carbocycles. The molecule has 2 unspecified atom stereocenters. The molecule has 1 saturated heterocycles. The lowest BCUT2D eigenvalue weighted by Gasteiger charge is -2.37. The number of carbonyl (C=O) groups excluding carboxylic acids is 1. The van der Waals surface area contributed by atoms with E-state index in [1.54, 1.807) is 4.90 Å². The van der Waals surface area contributed by atoms with Crippen LogP contribution in [-0.2, 0) is 11.2 Å². The Hall–Kier alpha value is -1.35. The molecule has 0 bridgehead atoms. The van der Waals surface area contributed by atoms with E-state index >= 15 is 0 Å². The topological polar surface area (TPSA) is 46.3 Å². The van der Waals surface area contributed by atoms with E-state index in [1.165, 1.54) is 5.56 Å². The third-order valence-electron chi connectivity index (χ3n) is 3.64. The lowest BCUT2D eigenvalue weighted by Crippen LogP contribution is -2.46. The van der Waals surface area contributed by atoms with Crippen molar-refractivity contribution in [2.24, 2.45) is 5.73 Å². The Morgan fingerprint density at radius 1 is 1.35 bits per heavy atom. The number of nitrogens with two attached hydrogens (primary N) is 1. The Kier molecular flexibility index (Phi) is 3.48. The van der Waals surface area contributed by atoms with Gasteiger partial charge in [0.05, 0.1) is 6.04 Å². The summed E-state index contributed by atoms with van der Waals surface area (Å²) in [6.45, 7) is 2.14. The Morgan fingerprint density at radius 2 is 2.00 bits per heavy atom. The van der Waals surface area contributed by atoms with Gasteiger partial charge in [0.1, 0.15) is 0 Å². The molecule has 0 saturated carbocycles. The quantitative estimate of drug-likeness (QED) is 0.846. The highest BCUT2D eigenvalue weighted by molar-refractivity contribution is 5.77. The first kappa shape index (κ1) is 12.1. The fraction of sp³-hybridized carbons (Fsp3) is 0.500. The van der Waals surface area contributed by atoms with Gasteiger partial charge in [0, 0.05) is 19.5 Å². The van der Waals surface area contributed by atoms with Crippen LogP contribution in [0.15, 0.2) is 24.3 Å². The Morgan fingerprint density at radius 3 is 2.59 bits per heavy atom. The van der Waals surface area contributed by atoms with E-state index in [2.05, 4.69) is 31.2 Å². The number of likely N-dealkylation sites (N-methyl/N-ethyl adjacent to an activating group) is 1. The second kappa shape index (κ2) is 4.88. The maximum atomic E-state index is 11.7. The highest BCUT2D eigenvalue weighted by Crippen LogP contribution is 2.29. The van der Waals surface area contributed by atoms with Crippen molar-refractivity contribution in [3.05, 3.63) is 35.4 Å². The number of rotatable bonds is 2. The third kappa shape index (κ3) is 2.34. The molecule has 0 aliphatic carbocycles. The Labute approximate surface area is 103 Å². The van der Waals surface area contributed by atoms with E-state index in [0.29, 0.717) is 6.42 Å². The number of benzene rings is 1. The van der Waals surface area contributed by atoms with Crippen molar-refractivity contribution in [1.82, 2.24) is 4.90 Å². The summed E-state index contributed by atoms with van der Waals surface area (Å²) >= 11 is 0. The molecular weight excluding hydrogens is 212 g/mol. The predicted molar refractivity (Wildman–Crippen MR) is 68.5 cm³/mol. The molecule has 0 spiro atoms. The third-order valence-corrected chi connectivity index (χ3v) is 3.64. The summed E-state index contributed by atoms with van der Waals surface area (Å²) in [7, 11) is 1.85. The molecule has 0 radical (unpaired) electrons. The van der Waals surface area contributed by atoms with Crippen molar-refractivity contribution < 1.29 is 4.79 Å². The first-order valence-corrected chi connectivity index (χ1v) is 6.23. The number of piperidine rings is 1. The molecule has 3 nitrogen and oxygen atoms in total. The number of carbonyl (C=O) groups is 1. The second-order valence-corrected chi connectivity index (χ2v) is 4.75. The first-order chi connectivity index (χ1) is 8.13. The van der Waals surface area contributed by atoms with Gasteiger partial charge in [0.2, 0.25) is 5.91 Å². The van der Waals surface area contributed by atoms with Gasteiger partial charge in [-0.1, -0.05) is 31.2 Å². The predicted octanol–water partition coefficient (Wildman–Crippen LogP) is 1.87. The second-order valence-electron chi connectivity index (χ2n) is 4.75. The van der Waals surface area contributed by atoms with Gasteiger partial charge in [-0.15, -0.1) is 0 Å². The molecule has 0 aromatic heterocycles. The highest BCUT2D eigenvalue weighted by atomic mass is 16.2. The van der Waals surface area contributed by atoms with E-state index in [-0.39, 0.29) is 18.0 Å². The minimum Gasteiger partial charge on any atom is -0.337 e. The molecule has 1 heterocycles. The van der Waals surface area contributed by atoms with Crippen LogP contribution in [0.1, 0.15) is 36.9 Å². The lowest BCUT2D eigenvalue weighted by molar-refractivity contribution is -0.135. The van der Waals surface area contributed by atoms with Gasteiger partial charge in [0.15, 0.2) is 0 Å². The van der Waals surface area contributed by atoms with Crippen LogP contribution in [-0.4, -0.2) is 23.9 Å². The normalized spacial score (nSPS) is 25.1. The van der Waals surface area contributed by atoms with Crippen molar-refractivity contribution in [2.45, 2.75) is 38.3 Å². The van der Waals surface area contributed by atoms with Gasteiger partial charge in [-0.25, -0.2) is 0 Å². The Balaban J connectivity index is 2.26. The van der Waals surface area contributed by atoms with Crippen LogP contribution >= 0.6 is 0 Å². The number of amides is 1. The largest absolute Gasteiger partial charge is 0.337 e. The van der Waals surface area contributed by atoms with Crippen LogP contribution in [0.25, 0.3) is 0 Å². The molecule has 3 heteroatoms. The van der Waals surface area contributed by atoms with E-state index in [9.17, 15) is 4.79 Å².